The van der Waals surface area contributed by atoms with Crippen molar-refractivity contribution in [2.75, 3.05) is 13.1 Å². The lowest BCUT2D eigenvalue weighted by molar-refractivity contribution is -0.158. The van der Waals surface area contributed by atoms with E-state index >= 15 is 0 Å². The fraction of sp³-hybridized carbons (Fsp3) is 0.417. The second kappa shape index (κ2) is 8.36. The summed E-state index contributed by atoms with van der Waals surface area (Å²) < 4.78 is 13.1. The highest BCUT2D eigenvalue weighted by atomic mass is 19.1. The van der Waals surface area contributed by atoms with Gasteiger partial charge in [-0.25, -0.2) is 4.39 Å². The molecule has 1 aliphatic carbocycles. The summed E-state index contributed by atoms with van der Waals surface area (Å²) >= 11 is 0. The van der Waals surface area contributed by atoms with Crippen molar-refractivity contribution >= 4 is 11.8 Å². The van der Waals surface area contributed by atoms with Crippen LogP contribution in [0.15, 0.2) is 54.6 Å². The molecule has 1 aliphatic heterocycles. The number of halogens is 1. The molecular weight excluding hydrogens is 367 g/mol. The Morgan fingerprint density at radius 3 is 2.31 bits per heavy atom. The molecule has 1 saturated heterocycles. The van der Waals surface area contributed by atoms with E-state index in [2.05, 4.69) is 12.1 Å². The molecule has 2 aromatic rings. The van der Waals surface area contributed by atoms with Gasteiger partial charge in [0.1, 0.15) is 5.82 Å². The number of hydrogen-bond donors (Lipinski definition) is 0. The first-order valence-electron chi connectivity index (χ1n) is 10.4. The first kappa shape index (κ1) is 19.6. The summed E-state index contributed by atoms with van der Waals surface area (Å²) in [5.41, 5.74) is 1.62. The predicted octanol–water partition coefficient (Wildman–Crippen LogP) is 3.94. The van der Waals surface area contributed by atoms with Gasteiger partial charge in [-0.1, -0.05) is 61.7 Å². The molecule has 2 amide bonds. The third-order valence-corrected chi connectivity index (χ3v) is 6.27. The van der Waals surface area contributed by atoms with Crippen molar-refractivity contribution < 1.29 is 14.0 Å². The molecule has 2 aromatic carbocycles. The molecule has 4 rings (SSSR count). The van der Waals surface area contributed by atoms with Crippen LogP contribution in [0.2, 0.25) is 0 Å². The summed E-state index contributed by atoms with van der Waals surface area (Å²) in [6.07, 6.45) is 5.41. The Kier molecular flexibility index (Phi) is 5.65. The highest BCUT2D eigenvalue weighted by Gasteiger charge is 2.46. The standard InChI is InChI=1S/C24H27FN2O2/c25-21-11-9-19(10-12-21)15-22(28)26-17-23(29)27(16-20-7-3-1-4-8-20)24(18-26)13-5-2-6-14-24/h1,3-4,7-12H,2,5-6,13-18H2. The molecule has 0 aromatic heterocycles. The molecule has 29 heavy (non-hydrogen) atoms. The van der Waals surface area contributed by atoms with Gasteiger partial charge in [-0.3, -0.25) is 9.59 Å². The maximum atomic E-state index is 13.2. The van der Waals surface area contributed by atoms with Crippen molar-refractivity contribution in [1.29, 1.82) is 0 Å². The summed E-state index contributed by atoms with van der Waals surface area (Å²) in [6, 6.07) is 16.1. The highest BCUT2D eigenvalue weighted by Crippen LogP contribution is 2.38. The van der Waals surface area contributed by atoms with Crippen LogP contribution in [0.4, 0.5) is 4.39 Å². The molecule has 1 saturated carbocycles. The Bertz CT molecular complexity index is 860. The second-order valence-corrected chi connectivity index (χ2v) is 8.30. The number of hydrogen-bond acceptors (Lipinski definition) is 2. The van der Waals surface area contributed by atoms with E-state index in [0.29, 0.717) is 13.1 Å². The number of carbonyl (C=O) groups excluding carboxylic acids is 2. The number of piperazine rings is 1. The van der Waals surface area contributed by atoms with Crippen LogP contribution in [0.25, 0.3) is 0 Å². The van der Waals surface area contributed by atoms with Crippen molar-refractivity contribution in [3.05, 3.63) is 71.5 Å². The number of rotatable bonds is 4. The first-order chi connectivity index (χ1) is 14.1. The zero-order valence-electron chi connectivity index (χ0n) is 16.6. The zero-order chi connectivity index (χ0) is 20.3. The average molecular weight is 394 g/mol. The number of nitrogens with zero attached hydrogens (tertiary/aromatic N) is 2. The Balaban J connectivity index is 1.53. The molecule has 2 fully saturated rings. The quantitative estimate of drug-likeness (QED) is 0.788. The van der Waals surface area contributed by atoms with Gasteiger partial charge in [-0.2, -0.15) is 0 Å². The van der Waals surface area contributed by atoms with Gasteiger partial charge in [0.2, 0.25) is 11.8 Å². The van der Waals surface area contributed by atoms with Crippen molar-refractivity contribution in [2.45, 2.75) is 50.6 Å². The van der Waals surface area contributed by atoms with Crippen LogP contribution in [0.3, 0.4) is 0 Å². The molecule has 0 radical (unpaired) electrons. The van der Waals surface area contributed by atoms with Gasteiger partial charge in [0.05, 0.1) is 18.5 Å². The maximum absolute atomic E-state index is 13.2. The highest BCUT2D eigenvalue weighted by molar-refractivity contribution is 5.87. The van der Waals surface area contributed by atoms with Gasteiger partial charge in [0.25, 0.3) is 0 Å². The lowest BCUT2D eigenvalue weighted by atomic mass is 9.78. The summed E-state index contributed by atoms with van der Waals surface area (Å²) in [5, 5.41) is 0. The molecule has 1 heterocycles. The van der Waals surface area contributed by atoms with Crippen LogP contribution >= 0.6 is 0 Å². The minimum absolute atomic E-state index is 0.0226. The van der Waals surface area contributed by atoms with Crippen LogP contribution in [0, 0.1) is 5.82 Å². The van der Waals surface area contributed by atoms with Crippen LogP contribution in [-0.4, -0.2) is 40.2 Å². The summed E-state index contributed by atoms with van der Waals surface area (Å²) in [4.78, 5) is 29.9. The van der Waals surface area contributed by atoms with Gasteiger partial charge in [-0.05, 0) is 36.1 Å². The third kappa shape index (κ3) is 4.34. The van der Waals surface area contributed by atoms with E-state index in [9.17, 15) is 14.0 Å². The average Bonchev–Trinajstić information content (AvgIpc) is 2.74. The van der Waals surface area contributed by atoms with Gasteiger partial charge >= 0.3 is 0 Å². The minimum atomic E-state index is -0.313. The molecular formula is C24H27FN2O2. The van der Waals surface area contributed by atoms with E-state index in [1.807, 2.05) is 23.1 Å². The molecule has 0 unspecified atom stereocenters. The summed E-state index contributed by atoms with van der Waals surface area (Å²) in [6.45, 7) is 1.31. The summed E-state index contributed by atoms with van der Waals surface area (Å²) in [5.74, 6) is -0.351. The number of carbonyl (C=O) groups is 2. The SMILES string of the molecule is O=C(Cc1ccc(F)cc1)N1CC(=O)N(Cc2ccccc2)C2(CCCCC2)C1. The van der Waals surface area contributed by atoms with E-state index in [4.69, 9.17) is 0 Å². The fourth-order valence-electron chi connectivity index (χ4n) is 4.73. The Hall–Kier alpha value is -2.69. The van der Waals surface area contributed by atoms with Gasteiger partial charge < -0.3 is 9.80 Å². The normalized spacial score (nSPS) is 18.9. The zero-order valence-corrected chi connectivity index (χ0v) is 16.6. The summed E-state index contributed by atoms with van der Waals surface area (Å²) in [7, 11) is 0. The van der Waals surface area contributed by atoms with Crippen molar-refractivity contribution in [1.82, 2.24) is 9.80 Å². The monoisotopic (exact) mass is 394 g/mol. The van der Waals surface area contributed by atoms with E-state index in [-0.39, 0.29) is 36.1 Å². The molecule has 0 N–H and O–H groups in total. The Morgan fingerprint density at radius 2 is 1.62 bits per heavy atom. The second-order valence-electron chi connectivity index (χ2n) is 8.30. The van der Waals surface area contributed by atoms with E-state index in [0.717, 1.165) is 36.8 Å². The van der Waals surface area contributed by atoms with Crippen LogP contribution in [-0.2, 0) is 22.6 Å². The van der Waals surface area contributed by atoms with Crippen LogP contribution in [0.1, 0.15) is 43.2 Å². The van der Waals surface area contributed by atoms with E-state index in [1.54, 1.807) is 17.0 Å². The Morgan fingerprint density at radius 1 is 0.931 bits per heavy atom. The van der Waals surface area contributed by atoms with Crippen molar-refractivity contribution in [2.24, 2.45) is 0 Å². The predicted molar refractivity (Wildman–Crippen MR) is 109 cm³/mol. The lowest BCUT2D eigenvalue weighted by Gasteiger charge is -2.52. The van der Waals surface area contributed by atoms with Crippen molar-refractivity contribution in [3.8, 4) is 0 Å². The first-order valence-corrected chi connectivity index (χ1v) is 10.4. The lowest BCUT2D eigenvalue weighted by Crippen LogP contribution is -2.66. The number of benzene rings is 2. The largest absolute Gasteiger partial charge is 0.331 e. The minimum Gasteiger partial charge on any atom is -0.331 e. The van der Waals surface area contributed by atoms with E-state index in [1.165, 1.54) is 18.6 Å². The smallest absolute Gasteiger partial charge is 0.243 e. The molecule has 4 nitrogen and oxygen atoms in total. The van der Waals surface area contributed by atoms with Gasteiger partial charge in [0.15, 0.2) is 0 Å². The van der Waals surface area contributed by atoms with Crippen molar-refractivity contribution in [3.63, 3.8) is 0 Å². The molecule has 5 heteroatoms. The number of amides is 2. The molecule has 152 valence electrons. The van der Waals surface area contributed by atoms with Crippen LogP contribution < -0.4 is 0 Å². The van der Waals surface area contributed by atoms with Gasteiger partial charge in [0, 0.05) is 13.1 Å². The maximum Gasteiger partial charge on any atom is 0.243 e. The van der Waals surface area contributed by atoms with E-state index < -0.39 is 0 Å². The third-order valence-electron chi connectivity index (χ3n) is 6.27. The molecule has 1 spiro atoms. The topological polar surface area (TPSA) is 40.6 Å². The molecule has 2 aliphatic rings. The fourth-order valence-corrected chi connectivity index (χ4v) is 4.73. The molecule has 0 bridgehead atoms. The van der Waals surface area contributed by atoms with Crippen LogP contribution in [0.5, 0.6) is 0 Å². The molecule has 0 atom stereocenters. The van der Waals surface area contributed by atoms with Gasteiger partial charge in [-0.15, -0.1) is 0 Å². The Labute approximate surface area is 171 Å².